The van der Waals surface area contributed by atoms with Crippen molar-refractivity contribution in [2.75, 3.05) is 32.7 Å². The van der Waals surface area contributed by atoms with Crippen LogP contribution in [-0.2, 0) is 43.5 Å². The summed E-state index contributed by atoms with van der Waals surface area (Å²) < 4.78 is 1.48. The Hall–Kier alpha value is -5.11. The zero-order valence-corrected chi connectivity index (χ0v) is 29.9. The molecule has 2 aliphatic heterocycles. The molecule has 51 heavy (non-hydrogen) atoms. The van der Waals surface area contributed by atoms with Crippen molar-refractivity contribution >= 4 is 29.5 Å². The van der Waals surface area contributed by atoms with Crippen molar-refractivity contribution in [3.63, 3.8) is 0 Å². The Balaban J connectivity index is 1.36. The normalized spacial score (nSPS) is 21.6. The second-order valence-corrected chi connectivity index (χ2v) is 13.8. The molecule has 14 nitrogen and oxygen atoms in total. The molecule has 3 aromatic rings. The van der Waals surface area contributed by atoms with E-state index in [4.69, 9.17) is 4.98 Å². The Morgan fingerprint density at radius 2 is 1.55 bits per heavy atom. The molecule has 14 heteroatoms. The Kier molecular flexibility index (Phi) is 12.5. The zero-order valence-electron chi connectivity index (χ0n) is 29.9. The molecule has 0 aliphatic carbocycles. The third-order valence-electron chi connectivity index (χ3n) is 9.07. The van der Waals surface area contributed by atoms with E-state index in [1.54, 1.807) is 13.8 Å². The van der Waals surface area contributed by atoms with Gasteiger partial charge in [-0.2, -0.15) is 5.10 Å². The predicted octanol–water partition coefficient (Wildman–Crippen LogP) is 1.56. The molecular formula is C37H49N9O5. The molecule has 0 radical (unpaired) electrons. The fraction of sp³-hybridized carbons (Fsp3) is 0.486. The monoisotopic (exact) mass is 699 g/mol. The van der Waals surface area contributed by atoms with Crippen LogP contribution >= 0.6 is 0 Å². The topological polar surface area (TPSA) is 171 Å². The standard InChI is InChI=1S/C37H49N9O5/c1-24(2)19-30-37(51)40-25(3)35-42-34(28-12-6-5-7-13-28)43-46(35)22-31(47)38-16-10-17-45(21-32(48)39-26(4)36(50)41-30)33(49)23-44-18-15-27-11-8-9-14-29(27)20-44/h5-9,11-14,24-26,30H,10,15-23H2,1-4H3,(H,38,47)(H,39,48)(H,40,51)(H,41,50)/t25-,26+,30?/m0/s1. The minimum Gasteiger partial charge on any atom is -0.354 e. The summed E-state index contributed by atoms with van der Waals surface area (Å²) in [5.41, 5.74) is 3.20. The van der Waals surface area contributed by atoms with Gasteiger partial charge in [0.15, 0.2) is 5.82 Å². The summed E-state index contributed by atoms with van der Waals surface area (Å²) in [6.45, 7) is 8.72. The minimum atomic E-state index is -0.967. The van der Waals surface area contributed by atoms with Crippen LogP contribution in [0.15, 0.2) is 54.6 Å². The molecule has 5 amide bonds. The van der Waals surface area contributed by atoms with E-state index in [0.29, 0.717) is 31.0 Å². The van der Waals surface area contributed by atoms with E-state index in [-0.39, 0.29) is 50.5 Å². The van der Waals surface area contributed by atoms with E-state index in [1.165, 1.54) is 20.7 Å². The van der Waals surface area contributed by atoms with Gasteiger partial charge in [0.2, 0.25) is 29.5 Å². The number of carbonyl (C=O) groups excluding carboxylic acids is 5. The van der Waals surface area contributed by atoms with E-state index >= 15 is 0 Å². The molecule has 0 saturated carbocycles. The molecule has 4 N–H and O–H groups in total. The molecule has 5 rings (SSSR count). The fourth-order valence-corrected chi connectivity index (χ4v) is 6.37. The number of rotatable bonds is 5. The summed E-state index contributed by atoms with van der Waals surface area (Å²) in [5.74, 6) is -1.15. The van der Waals surface area contributed by atoms with Crippen LogP contribution in [0.5, 0.6) is 0 Å². The number of aromatic nitrogens is 3. The highest BCUT2D eigenvalue weighted by molar-refractivity contribution is 5.93. The number of hydrogen-bond donors (Lipinski definition) is 4. The smallest absolute Gasteiger partial charge is 0.243 e. The number of benzene rings is 2. The van der Waals surface area contributed by atoms with Crippen molar-refractivity contribution in [2.24, 2.45) is 5.92 Å². The van der Waals surface area contributed by atoms with Gasteiger partial charge in [0.1, 0.15) is 24.5 Å². The van der Waals surface area contributed by atoms with Gasteiger partial charge in [-0.15, -0.1) is 0 Å². The second-order valence-electron chi connectivity index (χ2n) is 13.8. The number of carbonyl (C=O) groups is 5. The van der Waals surface area contributed by atoms with Crippen LogP contribution in [0.1, 0.15) is 63.5 Å². The first-order valence-corrected chi connectivity index (χ1v) is 17.7. The lowest BCUT2D eigenvalue weighted by molar-refractivity contribution is -0.138. The summed E-state index contributed by atoms with van der Waals surface area (Å²) in [4.78, 5) is 75.2. The van der Waals surface area contributed by atoms with Crippen molar-refractivity contribution in [2.45, 2.75) is 78.2 Å². The first-order chi connectivity index (χ1) is 24.5. The number of nitrogens with one attached hydrogen (secondary N) is 4. The molecule has 0 fully saturated rings. The lowest BCUT2D eigenvalue weighted by Crippen LogP contribution is -2.55. The van der Waals surface area contributed by atoms with E-state index in [1.807, 2.05) is 56.3 Å². The lowest BCUT2D eigenvalue weighted by atomic mass is 10.00. The van der Waals surface area contributed by atoms with E-state index in [0.717, 1.165) is 18.5 Å². The molecule has 3 atom stereocenters. The second kappa shape index (κ2) is 17.2. The van der Waals surface area contributed by atoms with Crippen molar-refractivity contribution in [1.29, 1.82) is 0 Å². The van der Waals surface area contributed by atoms with E-state index < -0.39 is 35.8 Å². The Morgan fingerprint density at radius 3 is 2.29 bits per heavy atom. The van der Waals surface area contributed by atoms with Crippen LogP contribution in [-0.4, -0.2) is 98.9 Å². The van der Waals surface area contributed by atoms with Crippen LogP contribution in [0.4, 0.5) is 0 Å². The number of nitrogens with zero attached hydrogens (tertiary/aromatic N) is 5. The maximum atomic E-state index is 13.6. The summed E-state index contributed by atoms with van der Waals surface area (Å²) >= 11 is 0. The lowest BCUT2D eigenvalue weighted by Gasteiger charge is -2.31. The largest absolute Gasteiger partial charge is 0.354 e. The van der Waals surface area contributed by atoms with Crippen LogP contribution in [0.2, 0.25) is 0 Å². The molecular weight excluding hydrogens is 650 g/mol. The zero-order chi connectivity index (χ0) is 36.5. The number of amides is 5. The quantitative estimate of drug-likeness (QED) is 0.311. The van der Waals surface area contributed by atoms with Gasteiger partial charge in [0.05, 0.1) is 19.1 Å². The molecule has 1 unspecified atom stereocenters. The van der Waals surface area contributed by atoms with E-state index in [2.05, 4.69) is 43.4 Å². The van der Waals surface area contributed by atoms with Crippen LogP contribution in [0, 0.1) is 5.92 Å². The Labute approximate surface area is 298 Å². The fourth-order valence-electron chi connectivity index (χ4n) is 6.37. The van der Waals surface area contributed by atoms with Crippen LogP contribution in [0.25, 0.3) is 11.4 Å². The van der Waals surface area contributed by atoms with Crippen molar-refractivity contribution < 1.29 is 24.0 Å². The first kappa shape index (κ1) is 37.2. The summed E-state index contributed by atoms with van der Waals surface area (Å²) in [6.07, 6.45) is 1.57. The van der Waals surface area contributed by atoms with Gasteiger partial charge in [0, 0.05) is 31.7 Å². The highest BCUT2D eigenvalue weighted by Crippen LogP contribution is 2.20. The predicted molar refractivity (Wildman–Crippen MR) is 191 cm³/mol. The van der Waals surface area contributed by atoms with Gasteiger partial charge < -0.3 is 26.2 Å². The number of hydrogen-bond acceptors (Lipinski definition) is 8. The minimum absolute atomic E-state index is 0.0628. The summed E-state index contributed by atoms with van der Waals surface area (Å²) in [6, 6.07) is 15.0. The van der Waals surface area contributed by atoms with Gasteiger partial charge >= 0.3 is 0 Å². The maximum Gasteiger partial charge on any atom is 0.243 e. The van der Waals surface area contributed by atoms with Gasteiger partial charge in [-0.3, -0.25) is 28.9 Å². The average molecular weight is 700 g/mol. The van der Waals surface area contributed by atoms with Crippen molar-refractivity contribution in [3.05, 3.63) is 71.5 Å². The average Bonchev–Trinajstić information content (AvgIpc) is 3.52. The molecule has 272 valence electrons. The first-order valence-electron chi connectivity index (χ1n) is 17.7. The van der Waals surface area contributed by atoms with Crippen LogP contribution in [0.3, 0.4) is 0 Å². The number of fused-ring (bicyclic) bond motifs is 2. The van der Waals surface area contributed by atoms with Crippen molar-refractivity contribution in [3.8, 4) is 11.4 Å². The summed E-state index contributed by atoms with van der Waals surface area (Å²) in [7, 11) is 0. The van der Waals surface area contributed by atoms with Gasteiger partial charge in [-0.1, -0.05) is 68.4 Å². The highest BCUT2D eigenvalue weighted by Gasteiger charge is 2.29. The van der Waals surface area contributed by atoms with Crippen LogP contribution < -0.4 is 21.3 Å². The summed E-state index contributed by atoms with van der Waals surface area (Å²) in [5, 5.41) is 16.0. The Morgan fingerprint density at radius 1 is 0.824 bits per heavy atom. The van der Waals surface area contributed by atoms with Gasteiger partial charge in [-0.25, -0.2) is 9.67 Å². The Bertz CT molecular complexity index is 1710. The molecule has 2 aromatic carbocycles. The van der Waals surface area contributed by atoms with Crippen molar-refractivity contribution in [1.82, 2.24) is 45.8 Å². The molecule has 0 bridgehead atoms. The third kappa shape index (κ3) is 10.2. The molecule has 2 aliphatic rings. The maximum absolute atomic E-state index is 13.6. The molecule has 3 heterocycles. The third-order valence-corrected chi connectivity index (χ3v) is 9.07. The SMILES string of the molecule is CC(C)CC1NC(=O)[C@@H](C)NC(=O)CN(C(=O)CN2CCc3ccccc3C2)CCCNC(=O)Cn2nc(-c3ccccc3)nc2[C@H](C)NC1=O. The van der Waals surface area contributed by atoms with E-state index in [9.17, 15) is 24.0 Å². The molecule has 0 spiro atoms. The van der Waals surface area contributed by atoms with Gasteiger partial charge in [-0.05, 0) is 50.2 Å². The molecule has 0 saturated heterocycles. The van der Waals surface area contributed by atoms with Gasteiger partial charge in [0.25, 0.3) is 0 Å². The molecule has 1 aromatic heterocycles. The highest BCUT2D eigenvalue weighted by atomic mass is 16.2.